The highest BCUT2D eigenvalue weighted by molar-refractivity contribution is 8.18. The van der Waals surface area contributed by atoms with Gasteiger partial charge in [-0.25, -0.2) is 4.99 Å². The number of hydrogen-bond acceptors (Lipinski definition) is 4. The van der Waals surface area contributed by atoms with Crippen LogP contribution in [-0.4, -0.2) is 11.1 Å². The fourth-order valence-corrected chi connectivity index (χ4v) is 3.89. The Hall–Kier alpha value is -2.47. The Morgan fingerprint density at radius 2 is 1.86 bits per heavy atom. The van der Waals surface area contributed by atoms with Gasteiger partial charge >= 0.3 is 0 Å². The molecule has 2 aromatic carbocycles. The molecule has 146 valence electrons. The zero-order valence-electron chi connectivity index (χ0n) is 15.4. The first-order valence-corrected chi connectivity index (χ1v) is 10.5. The molecule has 1 aliphatic rings. The second-order valence-electron chi connectivity index (χ2n) is 6.33. The van der Waals surface area contributed by atoms with Crippen LogP contribution in [0.2, 0.25) is 10.0 Å². The van der Waals surface area contributed by atoms with Crippen molar-refractivity contribution in [2.24, 2.45) is 4.99 Å². The van der Waals surface area contributed by atoms with E-state index in [0.29, 0.717) is 31.6 Å². The maximum atomic E-state index is 12.3. The van der Waals surface area contributed by atoms with Crippen LogP contribution in [0.25, 0.3) is 17.4 Å². The maximum absolute atomic E-state index is 12.3. The number of amides is 1. The molecule has 3 aromatic rings. The number of aryl methyl sites for hydroxylation is 1. The van der Waals surface area contributed by atoms with Gasteiger partial charge in [-0.3, -0.25) is 4.79 Å². The Kier molecular flexibility index (Phi) is 5.81. The Balaban J connectivity index is 1.52. The molecule has 2 heterocycles. The minimum absolute atomic E-state index is 0.202. The van der Waals surface area contributed by atoms with E-state index in [-0.39, 0.29) is 5.91 Å². The third kappa shape index (κ3) is 4.58. The van der Waals surface area contributed by atoms with E-state index in [1.807, 2.05) is 36.4 Å². The van der Waals surface area contributed by atoms with Gasteiger partial charge in [-0.1, -0.05) is 42.3 Å². The predicted molar refractivity (Wildman–Crippen MR) is 121 cm³/mol. The largest absolute Gasteiger partial charge is 0.457 e. The molecule has 1 saturated heterocycles. The summed E-state index contributed by atoms with van der Waals surface area (Å²) >= 11 is 13.3. The molecule has 0 bridgehead atoms. The molecule has 1 fully saturated rings. The van der Waals surface area contributed by atoms with Crippen molar-refractivity contribution in [3.05, 3.63) is 80.9 Å². The molecule has 29 heavy (non-hydrogen) atoms. The molecular formula is C22H16Cl2N2O2S. The van der Waals surface area contributed by atoms with Crippen molar-refractivity contribution in [2.45, 2.75) is 13.3 Å². The molecule has 0 radical (unpaired) electrons. The summed E-state index contributed by atoms with van der Waals surface area (Å²) in [5.74, 6) is 1.01. The molecular weight excluding hydrogens is 427 g/mol. The summed E-state index contributed by atoms with van der Waals surface area (Å²) in [5.41, 5.74) is 2.85. The summed E-state index contributed by atoms with van der Waals surface area (Å²) in [6.07, 6.45) is 2.67. The Bertz CT molecular complexity index is 1130. The van der Waals surface area contributed by atoms with Crippen molar-refractivity contribution < 1.29 is 9.21 Å². The number of amidine groups is 1. The van der Waals surface area contributed by atoms with Gasteiger partial charge < -0.3 is 9.73 Å². The molecule has 1 amide bonds. The molecule has 0 saturated carbocycles. The van der Waals surface area contributed by atoms with Crippen LogP contribution in [0.3, 0.4) is 0 Å². The Morgan fingerprint density at radius 1 is 1.07 bits per heavy atom. The zero-order valence-corrected chi connectivity index (χ0v) is 17.7. The van der Waals surface area contributed by atoms with E-state index in [2.05, 4.69) is 17.2 Å². The van der Waals surface area contributed by atoms with E-state index in [0.717, 1.165) is 17.7 Å². The lowest BCUT2D eigenvalue weighted by Gasteiger charge is -1.99. The summed E-state index contributed by atoms with van der Waals surface area (Å²) in [6, 6.07) is 16.9. The number of furan rings is 1. The van der Waals surface area contributed by atoms with Gasteiger partial charge in [0.05, 0.1) is 20.6 Å². The van der Waals surface area contributed by atoms with E-state index in [4.69, 9.17) is 27.6 Å². The smallest absolute Gasteiger partial charge is 0.264 e. The molecule has 1 aliphatic heterocycles. The molecule has 4 nitrogen and oxygen atoms in total. The zero-order chi connectivity index (χ0) is 20.4. The van der Waals surface area contributed by atoms with Crippen molar-refractivity contribution in [3.63, 3.8) is 0 Å². The lowest BCUT2D eigenvalue weighted by molar-refractivity contribution is -0.115. The van der Waals surface area contributed by atoms with E-state index in [9.17, 15) is 4.79 Å². The number of thioether (sulfide) groups is 1. The van der Waals surface area contributed by atoms with Gasteiger partial charge in [-0.05, 0) is 66.2 Å². The third-order valence-corrected chi connectivity index (χ3v) is 5.98. The average molecular weight is 443 g/mol. The summed E-state index contributed by atoms with van der Waals surface area (Å²) < 4.78 is 5.84. The van der Waals surface area contributed by atoms with Crippen LogP contribution in [-0.2, 0) is 11.2 Å². The van der Waals surface area contributed by atoms with Crippen molar-refractivity contribution >= 4 is 57.8 Å². The van der Waals surface area contributed by atoms with E-state index >= 15 is 0 Å². The first-order valence-electron chi connectivity index (χ1n) is 8.95. The molecule has 1 aromatic heterocycles. The number of benzene rings is 2. The standard InChI is InChI=1S/C22H16Cl2N2O2S/c1-2-13-3-6-15(7-4-13)25-22-26-21(27)20(29-22)12-16-8-10-19(28-16)14-5-9-17(23)18(24)11-14/h3-12H,2H2,1H3,(H,25,26,27). The van der Waals surface area contributed by atoms with Crippen LogP contribution in [0.4, 0.5) is 5.69 Å². The SMILES string of the molecule is CCc1ccc(N=C2NC(=O)C(=Cc3ccc(-c4ccc(Cl)c(Cl)c4)o3)S2)cc1. The van der Waals surface area contributed by atoms with E-state index in [1.54, 1.807) is 24.3 Å². The quantitative estimate of drug-likeness (QED) is 0.456. The fraction of sp³-hybridized carbons (Fsp3) is 0.0909. The number of carbonyl (C=O) groups is 1. The Morgan fingerprint density at radius 3 is 2.59 bits per heavy atom. The molecule has 0 atom stereocenters. The van der Waals surface area contributed by atoms with Crippen LogP contribution < -0.4 is 5.32 Å². The first kappa shape index (κ1) is 19.8. The summed E-state index contributed by atoms with van der Waals surface area (Å²) in [4.78, 5) is 17.3. The number of aliphatic imine (C=N–C) groups is 1. The number of halogens is 2. The van der Waals surface area contributed by atoms with Crippen LogP contribution >= 0.6 is 35.0 Å². The van der Waals surface area contributed by atoms with Crippen molar-refractivity contribution in [1.29, 1.82) is 0 Å². The molecule has 1 N–H and O–H groups in total. The van der Waals surface area contributed by atoms with Gasteiger partial charge in [-0.15, -0.1) is 0 Å². The fourth-order valence-electron chi connectivity index (χ4n) is 2.77. The minimum Gasteiger partial charge on any atom is -0.457 e. The number of nitrogens with one attached hydrogen (secondary N) is 1. The third-order valence-electron chi connectivity index (χ3n) is 4.33. The van der Waals surface area contributed by atoms with Gasteiger partial charge in [0.25, 0.3) is 5.91 Å². The van der Waals surface area contributed by atoms with Crippen molar-refractivity contribution in [1.82, 2.24) is 5.32 Å². The van der Waals surface area contributed by atoms with Crippen LogP contribution in [0, 0.1) is 0 Å². The molecule has 0 spiro atoms. The minimum atomic E-state index is -0.202. The normalized spacial score (nSPS) is 16.6. The summed E-state index contributed by atoms with van der Waals surface area (Å²) in [5, 5.41) is 4.27. The molecule has 0 unspecified atom stereocenters. The van der Waals surface area contributed by atoms with Gasteiger partial charge in [0, 0.05) is 11.6 Å². The number of rotatable bonds is 4. The topological polar surface area (TPSA) is 54.6 Å². The van der Waals surface area contributed by atoms with Gasteiger partial charge in [-0.2, -0.15) is 0 Å². The van der Waals surface area contributed by atoms with E-state index < -0.39 is 0 Å². The van der Waals surface area contributed by atoms with Gasteiger partial charge in [0.2, 0.25) is 0 Å². The second kappa shape index (κ2) is 8.49. The van der Waals surface area contributed by atoms with Crippen molar-refractivity contribution in [3.8, 4) is 11.3 Å². The highest BCUT2D eigenvalue weighted by Crippen LogP contribution is 2.32. The van der Waals surface area contributed by atoms with Crippen molar-refractivity contribution in [2.75, 3.05) is 0 Å². The van der Waals surface area contributed by atoms with Crippen LogP contribution in [0.1, 0.15) is 18.2 Å². The lowest BCUT2D eigenvalue weighted by Crippen LogP contribution is -2.19. The number of hydrogen-bond donors (Lipinski definition) is 1. The predicted octanol–water partition coefficient (Wildman–Crippen LogP) is 6.71. The second-order valence-corrected chi connectivity index (χ2v) is 8.18. The number of carbonyl (C=O) groups excluding carboxylic acids is 1. The van der Waals surface area contributed by atoms with Crippen LogP contribution in [0.15, 0.2) is 68.9 Å². The first-order chi connectivity index (χ1) is 14.0. The average Bonchev–Trinajstić information content (AvgIpc) is 3.32. The molecule has 7 heteroatoms. The van der Waals surface area contributed by atoms with E-state index in [1.165, 1.54) is 17.3 Å². The number of nitrogens with zero attached hydrogens (tertiary/aromatic N) is 1. The monoisotopic (exact) mass is 442 g/mol. The van der Waals surface area contributed by atoms with Crippen LogP contribution in [0.5, 0.6) is 0 Å². The highest BCUT2D eigenvalue weighted by atomic mass is 35.5. The maximum Gasteiger partial charge on any atom is 0.264 e. The van der Waals surface area contributed by atoms with Gasteiger partial charge in [0.1, 0.15) is 11.5 Å². The highest BCUT2D eigenvalue weighted by Gasteiger charge is 2.24. The lowest BCUT2D eigenvalue weighted by atomic mass is 10.2. The van der Waals surface area contributed by atoms with Gasteiger partial charge in [0.15, 0.2) is 5.17 Å². The molecule has 4 rings (SSSR count). The molecule has 0 aliphatic carbocycles. The summed E-state index contributed by atoms with van der Waals surface area (Å²) in [6.45, 7) is 2.10. The Labute approximate surface area is 182 Å². The summed E-state index contributed by atoms with van der Waals surface area (Å²) in [7, 11) is 0.